The zero-order chi connectivity index (χ0) is 19.1. The smallest absolute Gasteiger partial charge is 0.272 e. The molecule has 8 heteroatoms. The van der Waals surface area contributed by atoms with E-state index in [2.05, 4.69) is 15.8 Å². The minimum absolute atomic E-state index is 0.0167. The van der Waals surface area contributed by atoms with Crippen LogP contribution < -0.4 is 15.5 Å². The Bertz CT molecular complexity index is 849. The molecule has 0 aliphatic rings. The number of nitrogens with one attached hydrogen (secondary N) is 2. The van der Waals surface area contributed by atoms with E-state index in [-0.39, 0.29) is 18.1 Å². The molecule has 2 N–H and O–H groups in total. The molecule has 0 fully saturated rings. The molecule has 2 aromatic rings. The van der Waals surface area contributed by atoms with E-state index in [0.29, 0.717) is 22.6 Å². The van der Waals surface area contributed by atoms with Gasteiger partial charge >= 0.3 is 0 Å². The van der Waals surface area contributed by atoms with Crippen LogP contribution in [0.1, 0.15) is 18.1 Å². The number of amides is 1. The Hall–Kier alpha value is -3.42. The van der Waals surface area contributed by atoms with Gasteiger partial charge in [0.15, 0.2) is 0 Å². The number of ether oxygens (including phenoxy) is 1. The lowest BCUT2D eigenvalue weighted by Crippen LogP contribution is -2.26. The van der Waals surface area contributed by atoms with Crippen LogP contribution in [0.3, 0.4) is 0 Å². The van der Waals surface area contributed by atoms with Gasteiger partial charge in [-0.25, -0.2) is 5.43 Å². The largest absolute Gasteiger partial charge is 0.497 e. The molecular formula is C18H20N4O4. The van der Waals surface area contributed by atoms with Gasteiger partial charge in [-0.3, -0.25) is 14.9 Å². The molecule has 2 rings (SSSR count). The first-order valence-electron chi connectivity index (χ1n) is 7.87. The van der Waals surface area contributed by atoms with Crippen molar-refractivity contribution >= 4 is 23.0 Å². The molecule has 8 nitrogen and oxygen atoms in total. The first kappa shape index (κ1) is 18.9. The van der Waals surface area contributed by atoms with Crippen molar-refractivity contribution in [2.24, 2.45) is 5.10 Å². The third kappa shape index (κ3) is 5.04. The quantitative estimate of drug-likeness (QED) is 0.451. The number of nitrogens with zero attached hydrogens (tertiary/aromatic N) is 2. The van der Waals surface area contributed by atoms with Crippen LogP contribution in [0.4, 0.5) is 11.4 Å². The summed E-state index contributed by atoms with van der Waals surface area (Å²) >= 11 is 0. The van der Waals surface area contributed by atoms with E-state index in [4.69, 9.17) is 4.74 Å². The maximum absolute atomic E-state index is 11.9. The van der Waals surface area contributed by atoms with Crippen molar-refractivity contribution in [1.29, 1.82) is 0 Å². The van der Waals surface area contributed by atoms with Gasteiger partial charge in [0.2, 0.25) is 0 Å². The average molecular weight is 356 g/mol. The highest BCUT2D eigenvalue weighted by Crippen LogP contribution is 2.19. The summed E-state index contributed by atoms with van der Waals surface area (Å²) in [6.07, 6.45) is 0. The average Bonchev–Trinajstić information content (AvgIpc) is 2.64. The maximum atomic E-state index is 11.9. The first-order valence-corrected chi connectivity index (χ1v) is 7.87. The topological polar surface area (TPSA) is 106 Å². The van der Waals surface area contributed by atoms with Gasteiger partial charge < -0.3 is 10.1 Å². The summed E-state index contributed by atoms with van der Waals surface area (Å²) in [5.41, 5.74) is 4.81. The highest BCUT2D eigenvalue weighted by Gasteiger charge is 2.12. The Morgan fingerprint density at radius 2 is 2.04 bits per heavy atom. The van der Waals surface area contributed by atoms with Crippen LogP contribution in [0, 0.1) is 17.0 Å². The first-order chi connectivity index (χ1) is 12.4. The summed E-state index contributed by atoms with van der Waals surface area (Å²) in [6, 6.07) is 12.0. The van der Waals surface area contributed by atoms with E-state index >= 15 is 0 Å². The molecule has 0 atom stereocenters. The van der Waals surface area contributed by atoms with Crippen molar-refractivity contribution < 1.29 is 14.5 Å². The van der Waals surface area contributed by atoms with Crippen molar-refractivity contribution in [2.75, 3.05) is 19.0 Å². The molecule has 0 saturated carbocycles. The molecule has 0 bridgehead atoms. The fourth-order valence-corrected chi connectivity index (χ4v) is 2.20. The van der Waals surface area contributed by atoms with Gasteiger partial charge in [-0.2, -0.15) is 5.10 Å². The lowest BCUT2D eigenvalue weighted by molar-refractivity contribution is -0.385. The number of benzene rings is 2. The summed E-state index contributed by atoms with van der Waals surface area (Å²) < 4.78 is 5.11. The number of carbonyl (C=O) groups excluding carboxylic acids is 1. The van der Waals surface area contributed by atoms with E-state index in [9.17, 15) is 14.9 Å². The van der Waals surface area contributed by atoms with E-state index in [0.717, 1.165) is 5.69 Å². The molecule has 0 heterocycles. The number of hydrogen-bond donors (Lipinski definition) is 2. The van der Waals surface area contributed by atoms with E-state index < -0.39 is 4.92 Å². The zero-order valence-corrected chi connectivity index (χ0v) is 14.8. The van der Waals surface area contributed by atoms with Crippen molar-refractivity contribution in [3.63, 3.8) is 0 Å². The number of aryl methyl sites for hydroxylation is 1. The standard InChI is InChI=1S/C18H20N4O4/c1-12-7-8-14(9-17(12)22(24)25)13(2)20-21-18(23)11-19-15-5-4-6-16(10-15)26-3/h4-10,19H,11H2,1-3H3,(H,21,23)/b20-13-. The number of nitro benzene ring substituents is 1. The van der Waals surface area contributed by atoms with E-state index in [1.54, 1.807) is 45.2 Å². The predicted molar refractivity (Wildman–Crippen MR) is 99.7 cm³/mol. The van der Waals surface area contributed by atoms with Crippen molar-refractivity contribution in [1.82, 2.24) is 5.43 Å². The predicted octanol–water partition coefficient (Wildman–Crippen LogP) is 2.86. The van der Waals surface area contributed by atoms with Crippen molar-refractivity contribution in [2.45, 2.75) is 13.8 Å². The number of carbonyl (C=O) groups is 1. The normalized spacial score (nSPS) is 11.0. The number of methoxy groups -OCH3 is 1. The minimum atomic E-state index is -0.442. The third-order valence-electron chi connectivity index (χ3n) is 3.69. The van der Waals surface area contributed by atoms with Gasteiger partial charge in [-0.15, -0.1) is 0 Å². The molecule has 1 amide bonds. The molecule has 136 valence electrons. The molecule has 26 heavy (non-hydrogen) atoms. The van der Waals surface area contributed by atoms with Crippen LogP contribution in [0.25, 0.3) is 0 Å². The van der Waals surface area contributed by atoms with Crippen LogP contribution in [0.2, 0.25) is 0 Å². The zero-order valence-electron chi connectivity index (χ0n) is 14.8. The van der Waals surface area contributed by atoms with Gasteiger partial charge in [0, 0.05) is 28.9 Å². The number of hydrogen-bond acceptors (Lipinski definition) is 6. The van der Waals surface area contributed by atoms with Crippen molar-refractivity contribution in [3.05, 3.63) is 63.7 Å². The Balaban J connectivity index is 1.96. The minimum Gasteiger partial charge on any atom is -0.497 e. The lowest BCUT2D eigenvalue weighted by atomic mass is 10.1. The molecule has 0 aliphatic heterocycles. The summed E-state index contributed by atoms with van der Waals surface area (Å²) in [4.78, 5) is 22.5. The molecule has 0 unspecified atom stereocenters. The number of anilines is 1. The summed E-state index contributed by atoms with van der Waals surface area (Å²) in [5, 5.41) is 18.0. The summed E-state index contributed by atoms with van der Waals surface area (Å²) in [5.74, 6) is 0.346. The third-order valence-corrected chi connectivity index (χ3v) is 3.69. The highest BCUT2D eigenvalue weighted by molar-refractivity contribution is 6.00. The van der Waals surface area contributed by atoms with E-state index in [1.165, 1.54) is 6.07 Å². The molecule has 2 aromatic carbocycles. The molecular weight excluding hydrogens is 336 g/mol. The number of nitro groups is 1. The second-order valence-corrected chi connectivity index (χ2v) is 5.58. The second-order valence-electron chi connectivity index (χ2n) is 5.58. The molecule has 0 aliphatic carbocycles. The van der Waals surface area contributed by atoms with Crippen LogP contribution in [-0.4, -0.2) is 30.2 Å². The Morgan fingerprint density at radius 1 is 1.27 bits per heavy atom. The Kier molecular flexibility index (Phi) is 6.26. The van der Waals surface area contributed by atoms with Crippen molar-refractivity contribution in [3.8, 4) is 5.75 Å². The van der Waals surface area contributed by atoms with Gasteiger partial charge in [0.25, 0.3) is 11.6 Å². The number of hydrazone groups is 1. The summed E-state index contributed by atoms with van der Waals surface area (Å²) in [7, 11) is 1.57. The van der Waals surface area contributed by atoms with Gasteiger partial charge in [0.1, 0.15) is 5.75 Å². The monoisotopic (exact) mass is 356 g/mol. The molecule has 0 radical (unpaired) electrons. The van der Waals surface area contributed by atoms with Crippen LogP contribution in [0.15, 0.2) is 47.6 Å². The fraction of sp³-hybridized carbons (Fsp3) is 0.222. The van der Waals surface area contributed by atoms with Gasteiger partial charge in [-0.05, 0) is 26.0 Å². The van der Waals surface area contributed by atoms with E-state index in [1.807, 2.05) is 12.1 Å². The van der Waals surface area contributed by atoms with Crippen LogP contribution >= 0.6 is 0 Å². The SMILES string of the molecule is COc1cccc(NCC(=O)N/N=C(/C)c2ccc(C)c([N+](=O)[O-])c2)c1. The molecule has 0 aromatic heterocycles. The molecule has 0 spiro atoms. The second kappa shape index (κ2) is 8.61. The number of rotatable bonds is 7. The fourth-order valence-electron chi connectivity index (χ4n) is 2.20. The van der Waals surface area contributed by atoms with Gasteiger partial charge in [-0.1, -0.05) is 18.2 Å². The van der Waals surface area contributed by atoms with Crippen LogP contribution in [0.5, 0.6) is 5.75 Å². The maximum Gasteiger partial charge on any atom is 0.272 e. The molecule has 0 saturated heterocycles. The van der Waals surface area contributed by atoms with Crippen LogP contribution in [-0.2, 0) is 4.79 Å². The lowest BCUT2D eigenvalue weighted by Gasteiger charge is -2.08. The summed E-state index contributed by atoms with van der Waals surface area (Å²) in [6.45, 7) is 3.36. The Labute approximate surface area is 151 Å². The highest BCUT2D eigenvalue weighted by atomic mass is 16.6. The van der Waals surface area contributed by atoms with Gasteiger partial charge in [0.05, 0.1) is 24.3 Å². The Morgan fingerprint density at radius 3 is 2.73 bits per heavy atom.